The fraction of sp³-hybridized carbons (Fsp3) is 0.464. The number of fused-ring (bicyclic) bond motifs is 3. The van der Waals surface area contributed by atoms with Gasteiger partial charge in [-0.1, -0.05) is 30.3 Å². The van der Waals surface area contributed by atoms with Crippen LogP contribution in [0.3, 0.4) is 0 Å². The van der Waals surface area contributed by atoms with Gasteiger partial charge in [-0.15, -0.1) is 0 Å². The van der Waals surface area contributed by atoms with Crippen molar-refractivity contribution in [2.45, 2.75) is 57.0 Å². The van der Waals surface area contributed by atoms with Gasteiger partial charge in [0.1, 0.15) is 5.82 Å². The molecule has 0 saturated carbocycles. The Morgan fingerprint density at radius 1 is 1.06 bits per heavy atom. The van der Waals surface area contributed by atoms with Crippen molar-refractivity contribution in [2.75, 3.05) is 32.3 Å². The summed E-state index contributed by atoms with van der Waals surface area (Å²) in [5, 5.41) is 0. The van der Waals surface area contributed by atoms with Crippen LogP contribution in [0.25, 0.3) is 11.0 Å². The van der Waals surface area contributed by atoms with Gasteiger partial charge in [-0.25, -0.2) is 9.78 Å². The normalized spacial score (nSPS) is 19.1. The van der Waals surface area contributed by atoms with E-state index in [1.807, 2.05) is 43.3 Å². The minimum Gasteiger partial charge on any atom is -0.469 e. The van der Waals surface area contributed by atoms with Crippen molar-refractivity contribution >= 4 is 28.8 Å². The molecule has 0 aliphatic carbocycles. The Morgan fingerprint density at radius 3 is 2.50 bits per heavy atom. The average molecular weight is 492 g/mol. The molecule has 0 bridgehead atoms. The molecule has 3 aromatic rings. The highest BCUT2D eigenvalue weighted by molar-refractivity contribution is 5.95. The predicted octanol–water partition coefficient (Wildman–Crippen LogP) is 4.79. The number of methoxy groups -OCH3 is 2. The highest BCUT2D eigenvalue weighted by Gasteiger charge is 2.33. The second-order valence-corrected chi connectivity index (χ2v) is 9.59. The Balaban J connectivity index is 1.65. The van der Waals surface area contributed by atoms with Crippen LogP contribution in [0.15, 0.2) is 42.5 Å². The molecule has 0 N–H and O–H groups in total. The summed E-state index contributed by atoms with van der Waals surface area (Å²) in [5.74, 6) is 0.112. The zero-order valence-electron chi connectivity index (χ0n) is 21.1. The quantitative estimate of drug-likeness (QED) is 0.477. The van der Waals surface area contributed by atoms with E-state index in [-0.39, 0.29) is 24.1 Å². The van der Waals surface area contributed by atoms with Gasteiger partial charge < -0.3 is 18.8 Å². The van der Waals surface area contributed by atoms with Crippen LogP contribution in [0, 0.1) is 0 Å². The van der Waals surface area contributed by atoms with E-state index in [4.69, 9.17) is 19.2 Å². The number of aryl methyl sites for hydroxylation is 1. The summed E-state index contributed by atoms with van der Waals surface area (Å²) in [6.45, 7) is 3.43. The molecule has 8 heteroatoms. The third-order valence-corrected chi connectivity index (χ3v) is 7.53. The van der Waals surface area contributed by atoms with E-state index in [0.717, 1.165) is 59.4 Å². The number of hydrogen-bond acceptors (Lipinski definition) is 6. The fourth-order valence-electron chi connectivity index (χ4n) is 5.67. The topological polar surface area (TPSA) is 82.9 Å². The van der Waals surface area contributed by atoms with Crippen molar-refractivity contribution in [3.05, 3.63) is 59.4 Å². The molecule has 1 amide bonds. The standard InChI is InChI=1S/C28H33N3O5/c1-18-9-10-21-23(30(18)28(33)35-3)11-12-24-26(21)29-25(31(24)20-13-15-36-16-14-20)17-22(27(32)34-2)19-7-5-4-6-8-19/h4-8,11-12,18,20,22H,9-10,13-17H2,1-3H3/t18-,22?/m0/s1. The molecule has 1 fully saturated rings. The number of ether oxygens (including phenoxy) is 3. The molecule has 5 rings (SSSR count). The van der Waals surface area contributed by atoms with E-state index in [1.54, 1.807) is 4.90 Å². The lowest BCUT2D eigenvalue weighted by Gasteiger charge is -2.34. The fourth-order valence-corrected chi connectivity index (χ4v) is 5.67. The van der Waals surface area contributed by atoms with Gasteiger partial charge in [0.05, 0.1) is 36.9 Å². The Hall–Kier alpha value is -3.39. The van der Waals surface area contributed by atoms with Crippen LogP contribution in [-0.4, -0.2) is 55.1 Å². The summed E-state index contributed by atoms with van der Waals surface area (Å²) in [5.41, 5.74) is 4.74. The zero-order chi connectivity index (χ0) is 25.2. The molecule has 2 atom stereocenters. The van der Waals surface area contributed by atoms with Crippen LogP contribution < -0.4 is 4.90 Å². The molecular formula is C28H33N3O5. The number of imidazole rings is 1. The molecule has 3 heterocycles. The molecule has 190 valence electrons. The van der Waals surface area contributed by atoms with Crippen molar-refractivity contribution in [3.8, 4) is 0 Å². The maximum Gasteiger partial charge on any atom is 0.414 e. The largest absolute Gasteiger partial charge is 0.469 e. The van der Waals surface area contributed by atoms with Crippen molar-refractivity contribution in [1.82, 2.24) is 9.55 Å². The number of carbonyl (C=O) groups excluding carboxylic acids is 2. The molecule has 0 radical (unpaired) electrons. The van der Waals surface area contributed by atoms with Gasteiger partial charge in [-0.3, -0.25) is 9.69 Å². The summed E-state index contributed by atoms with van der Waals surface area (Å²) in [7, 11) is 2.84. The Labute approximate surface area is 211 Å². The number of aromatic nitrogens is 2. The monoisotopic (exact) mass is 491 g/mol. The minimum atomic E-state index is -0.464. The molecule has 2 aliphatic heterocycles. The van der Waals surface area contributed by atoms with E-state index < -0.39 is 5.92 Å². The summed E-state index contributed by atoms with van der Waals surface area (Å²) in [6.07, 6.45) is 3.49. The number of anilines is 1. The van der Waals surface area contributed by atoms with Gasteiger partial charge in [-0.2, -0.15) is 0 Å². The Bertz CT molecular complexity index is 1250. The number of carbonyl (C=O) groups is 2. The first kappa shape index (κ1) is 24.3. The number of esters is 1. The summed E-state index contributed by atoms with van der Waals surface area (Å²) < 4.78 is 18.2. The van der Waals surface area contributed by atoms with Crippen molar-refractivity contribution in [3.63, 3.8) is 0 Å². The van der Waals surface area contributed by atoms with Gasteiger partial charge in [0.15, 0.2) is 0 Å². The molecule has 1 unspecified atom stereocenters. The molecule has 0 spiro atoms. The van der Waals surface area contributed by atoms with Crippen molar-refractivity contribution in [2.24, 2.45) is 0 Å². The van der Waals surface area contributed by atoms with E-state index in [9.17, 15) is 9.59 Å². The Morgan fingerprint density at radius 2 is 1.81 bits per heavy atom. The maximum absolute atomic E-state index is 12.9. The van der Waals surface area contributed by atoms with Gasteiger partial charge in [-0.05, 0) is 50.3 Å². The number of amides is 1. The third-order valence-electron chi connectivity index (χ3n) is 7.53. The van der Waals surface area contributed by atoms with Gasteiger partial charge in [0.2, 0.25) is 0 Å². The summed E-state index contributed by atoms with van der Waals surface area (Å²) >= 11 is 0. The van der Waals surface area contributed by atoms with E-state index in [2.05, 4.69) is 10.6 Å². The van der Waals surface area contributed by atoms with Crippen LogP contribution in [0.4, 0.5) is 10.5 Å². The Kier molecular flexibility index (Phi) is 6.96. The molecule has 2 aliphatic rings. The molecule has 36 heavy (non-hydrogen) atoms. The minimum absolute atomic E-state index is 0.0428. The van der Waals surface area contributed by atoms with E-state index in [1.165, 1.54) is 14.2 Å². The predicted molar refractivity (Wildman–Crippen MR) is 136 cm³/mol. The molecular weight excluding hydrogens is 458 g/mol. The zero-order valence-corrected chi connectivity index (χ0v) is 21.1. The smallest absolute Gasteiger partial charge is 0.414 e. The van der Waals surface area contributed by atoms with Crippen LogP contribution in [-0.2, 0) is 31.8 Å². The molecule has 1 aromatic heterocycles. The van der Waals surface area contributed by atoms with Crippen LogP contribution in [0.5, 0.6) is 0 Å². The molecule has 2 aromatic carbocycles. The SMILES string of the molecule is COC(=O)C(Cc1nc2c3c(ccc2n1C1CCOCC1)N(C(=O)OC)[C@@H](C)CC3)c1ccccc1. The number of nitrogens with zero attached hydrogens (tertiary/aromatic N) is 3. The summed E-state index contributed by atoms with van der Waals surface area (Å²) in [6, 6.07) is 14.1. The maximum atomic E-state index is 12.9. The van der Waals surface area contributed by atoms with Crippen LogP contribution in [0.1, 0.15) is 55.1 Å². The van der Waals surface area contributed by atoms with Gasteiger partial charge >= 0.3 is 12.1 Å². The first-order chi connectivity index (χ1) is 17.5. The lowest BCUT2D eigenvalue weighted by Crippen LogP contribution is -2.42. The second kappa shape index (κ2) is 10.3. The van der Waals surface area contributed by atoms with E-state index >= 15 is 0 Å². The summed E-state index contributed by atoms with van der Waals surface area (Å²) in [4.78, 5) is 32.4. The first-order valence-corrected chi connectivity index (χ1v) is 12.6. The molecule has 1 saturated heterocycles. The lowest BCUT2D eigenvalue weighted by molar-refractivity contribution is -0.142. The van der Waals surface area contributed by atoms with Gasteiger partial charge in [0.25, 0.3) is 0 Å². The first-order valence-electron chi connectivity index (χ1n) is 12.6. The average Bonchev–Trinajstić information content (AvgIpc) is 3.30. The van der Waals surface area contributed by atoms with Crippen molar-refractivity contribution < 1.29 is 23.8 Å². The van der Waals surface area contributed by atoms with Crippen LogP contribution in [0.2, 0.25) is 0 Å². The second-order valence-electron chi connectivity index (χ2n) is 9.59. The number of hydrogen-bond donors (Lipinski definition) is 0. The number of rotatable bonds is 5. The highest BCUT2D eigenvalue weighted by Crippen LogP contribution is 2.39. The van der Waals surface area contributed by atoms with E-state index in [0.29, 0.717) is 19.6 Å². The number of benzene rings is 2. The van der Waals surface area contributed by atoms with Crippen LogP contribution >= 0.6 is 0 Å². The lowest BCUT2D eigenvalue weighted by atomic mass is 9.95. The van der Waals surface area contributed by atoms with Crippen molar-refractivity contribution in [1.29, 1.82) is 0 Å². The third kappa shape index (κ3) is 4.34. The highest BCUT2D eigenvalue weighted by atomic mass is 16.5. The molecule has 8 nitrogen and oxygen atoms in total. The van der Waals surface area contributed by atoms with Gasteiger partial charge in [0, 0.05) is 37.3 Å².